The second kappa shape index (κ2) is 13.6. The third-order valence-electron chi connectivity index (χ3n) is 6.66. The van der Waals surface area contributed by atoms with Gasteiger partial charge in [-0.1, -0.05) is 50.9 Å². The van der Waals surface area contributed by atoms with Gasteiger partial charge in [-0.05, 0) is 57.5 Å². The SMILES string of the molecule is CC(C)CC(NC(=O)C1(NC(=O)c2cccc(C(F)(F)F)c2)CCCCC1)C(=O)c1nnc(SCCN(C)C)o1. The third-order valence-corrected chi connectivity index (χ3v) is 7.46. The Bertz CT molecular complexity index is 1180. The molecule has 0 aliphatic heterocycles. The Morgan fingerprint density at radius 3 is 2.45 bits per heavy atom. The number of carbonyl (C=O) groups excluding carboxylic acids is 3. The van der Waals surface area contributed by atoms with Crippen LogP contribution in [0.15, 0.2) is 33.9 Å². The number of halogens is 3. The second-order valence-corrected chi connectivity index (χ2v) is 11.8. The van der Waals surface area contributed by atoms with Crippen LogP contribution >= 0.6 is 11.8 Å². The molecular formula is C27H36F3N5O4S. The summed E-state index contributed by atoms with van der Waals surface area (Å²) in [6.45, 7) is 4.57. The Hall–Kier alpha value is -2.93. The number of carbonyl (C=O) groups is 3. The lowest BCUT2D eigenvalue weighted by Crippen LogP contribution is -2.62. The highest BCUT2D eigenvalue weighted by atomic mass is 32.2. The molecule has 13 heteroatoms. The van der Waals surface area contributed by atoms with Crippen LogP contribution in [0.1, 0.15) is 79.0 Å². The lowest BCUT2D eigenvalue weighted by atomic mass is 9.80. The number of amides is 2. The summed E-state index contributed by atoms with van der Waals surface area (Å²) in [4.78, 5) is 42.2. The molecule has 0 radical (unpaired) electrons. The second-order valence-electron chi connectivity index (χ2n) is 10.7. The first-order valence-electron chi connectivity index (χ1n) is 13.3. The van der Waals surface area contributed by atoms with Crippen LogP contribution < -0.4 is 10.6 Å². The number of thioether (sulfide) groups is 1. The molecule has 1 atom stereocenters. The minimum Gasteiger partial charge on any atom is -0.408 e. The molecule has 0 saturated heterocycles. The van der Waals surface area contributed by atoms with Crippen LogP contribution in [0, 0.1) is 5.92 Å². The van der Waals surface area contributed by atoms with Crippen molar-refractivity contribution < 1.29 is 32.0 Å². The zero-order chi connectivity index (χ0) is 29.5. The largest absolute Gasteiger partial charge is 0.416 e. The van der Waals surface area contributed by atoms with Gasteiger partial charge < -0.3 is 20.0 Å². The van der Waals surface area contributed by atoms with Gasteiger partial charge in [0.25, 0.3) is 17.0 Å². The molecule has 1 aliphatic rings. The van der Waals surface area contributed by atoms with Gasteiger partial charge in [-0.15, -0.1) is 10.2 Å². The highest BCUT2D eigenvalue weighted by Crippen LogP contribution is 2.32. The lowest BCUT2D eigenvalue weighted by molar-refractivity contribution is -0.137. The molecule has 1 fully saturated rings. The molecule has 40 heavy (non-hydrogen) atoms. The van der Waals surface area contributed by atoms with E-state index in [4.69, 9.17) is 4.42 Å². The molecule has 2 aromatic rings. The van der Waals surface area contributed by atoms with Crippen molar-refractivity contribution in [2.75, 3.05) is 26.4 Å². The van der Waals surface area contributed by atoms with Gasteiger partial charge in [-0.25, -0.2) is 0 Å². The first-order chi connectivity index (χ1) is 18.8. The number of Topliss-reactive ketones (excluding diaryl/α,β-unsaturated/α-hetero) is 1. The summed E-state index contributed by atoms with van der Waals surface area (Å²) < 4.78 is 45.2. The molecule has 1 aromatic carbocycles. The molecule has 1 saturated carbocycles. The van der Waals surface area contributed by atoms with Gasteiger partial charge in [-0.2, -0.15) is 13.2 Å². The summed E-state index contributed by atoms with van der Waals surface area (Å²) in [6, 6.07) is 3.08. The smallest absolute Gasteiger partial charge is 0.408 e. The quantitative estimate of drug-likeness (QED) is 0.275. The zero-order valence-electron chi connectivity index (χ0n) is 23.1. The van der Waals surface area contributed by atoms with E-state index >= 15 is 0 Å². The summed E-state index contributed by atoms with van der Waals surface area (Å²) in [5.74, 6) is -1.40. The Morgan fingerprint density at radius 2 is 1.82 bits per heavy atom. The number of ketones is 1. The number of rotatable bonds is 12. The molecule has 2 N–H and O–H groups in total. The van der Waals surface area contributed by atoms with E-state index in [0.29, 0.717) is 31.4 Å². The van der Waals surface area contributed by atoms with Crippen molar-refractivity contribution in [2.45, 2.75) is 75.4 Å². The van der Waals surface area contributed by atoms with Crippen LogP contribution in [0.25, 0.3) is 0 Å². The van der Waals surface area contributed by atoms with E-state index in [1.807, 2.05) is 32.8 Å². The number of nitrogens with one attached hydrogen (secondary N) is 2. The van der Waals surface area contributed by atoms with E-state index in [9.17, 15) is 27.6 Å². The molecular weight excluding hydrogens is 547 g/mol. The maximum absolute atomic E-state index is 13.7. The summed E-state index contributed by atoms with van der Waals surface area (Å²) in [5.41, 5.74) is -2.53. The molecule has 2 amide bonds. The van der Waals surface area contributed by atoms with E-state index in [1.54, 1.807) is 0 Å². The minimum absolute atomic E-state index is 0.0214. The molecule has 1 heterocycles. The summed E-state index contributed by atoms with van der Waals surface area (Å²) >= 11 is 1.32. The van der Waals surface area contributed by atoms with E-state index < -0.39 is 40.9 Å². The van der Waals surface area contributed by atoms with Gasteiger partial charge in [0.05, 0.1) is 11.6 Å². The van der Waals surface area contributed by atoms with Gasteiger partial charge in [0.2, 0.25) is 11.7 Å². The maximum atomic E-state index is 13.7. The average molecular weight is 584 g/mol. The first kappa shape index (κ1) is 31.6. The Balaban J connectivity index is 1.79. The van der Waals surface area contributed by atoms with Crippen LogP contribution in [0.4, 0.5) is 13.2 Å². The first-order valence-corrected chi connectivity index (χ1v) is 14.3. The van der Waals surface area contributed by atoms with Gasteiger partial charge in [-0.3, -0.25) is 14.4 Å². The standard InChI is InChI=1S/C27H36F3N5O4S/c1-17(2)15-20(21(36)23-33-34-25(39-23)40-14-13-35(3)4)31-24(38)26(11-6-5-7-12-26)32-22(37)18-9-8-10-19(16-18)27(28,29)30/h8-10,16-17,20H,5-7,11-15H2,1-4H3,(H,31,38)(H,32,37). The van der Waals surface area contributed by atoms with Crippen LogP contribution in [0.2, 0.25) is 0 Å². The van der Waals surface area contributed by atoms with Crippen LogP contribution in [0.5, 0.6) is 0 Å². The number of alkyl halides is 3. The van der Waals surface area contributed by atoms with Crippen LogP contribution in [0.3, 0.4) is 0 Å². The Morgan fingerprint density at radius 1 is 1.12 bits per heavy atom. The predicted molar refractivity (Wildman–Crippen MR) is 144 cm³/mol. The number of aromatic nitrogens is 2. The molecule has 0 bridgehead atoms. The van der Waals surface area contributed by atoms with Crippen molar-refractivity contribution in [3.8, 4) is 0 Å². The molecule has 0 spiro atoms. The number of hydrogen-bond acceptors (Lipinski definition) is 8. The van der Waals surface area contributed by atoms with E-state index in [-0.39, 0.29) is 29.0 Å². The Kier molecular flexibility index (Phi) is 10.8. The van der Waals surface area contributed by atoms with E-state index in [1.165, 1.54) is 17.8 Å². The number of nitrogens with zero attached hydrogens (tertiary/aromatic N) is 3. The molecule has 3 rings (SSSR count). The highest BCUT2D eigenvalue weighted by Gasteiger charge is 2.43. The van der Waals surface area contributed by atoms with E-state index in [0.717, 1.165) is 31.2 Å². The third kappa shape index (κ3) is 8.53. The van der Waals surface area contributed by atoms with Crippen molar-refractivity contribution >= 4 is 29.4 Å². The van der Waals surface area contributed by atoms with Crippen molar-refractivity contribution in [3.05, 3.63) is 41.3 Å². The fourth-order valence-electron chi connectivity index (χ4n) is 4.52. The molecule has 1 aromatic heterocycles. The zero-order valence-corrected chi connectivity index (χ0v) is 24.0. The predicted octanol–water partition coefficient (Wildman–Crippen LogP) is 4.59. The van der Waals surface area contributed by atoms with Gasteiger partial charge >= 0.3 is 6.18 Å². The highest BCUT2D eigenvalue weighted by molar-refractivity contribution is 7.99. The van der Waals surface area contributed by atoms with Gasteiger partial charge in [0, 0.05) is 17.9 Å². The van der Waals surface area contributed by atoms with Crippen LogP contribution in [-0.2, 0) is 11.0 Å². The van der Waals surface area contributed by atoms with E-state index in [2.05, 4.69) is 20.8 Å². The molecule has 1 aliphatic carbocycles. The molecule has 1 unspecified atom stereocenters. The topological polar surface area (TPSA) is 117 Å². The lowest BCUT2D eigenvalue weighted by Gasteiger charge is -2.37. The summed E-state index contributed by atoms with van der Waals surface area (Å²) in [5, 5.41) is 13.6. The molecule has 9 nitrogen and oxygen atoms in total. The monoisotopic (exact) mass is 583 g/mol. The van der Waals surface area contributed by atoms with Crippen molar-refractivity contribution in [1.82, 2.24) is 25.7 Å². The summed E-state index contributed by atoms with van der Waals surface area (Å²) in [7, 11) is 3.87. The van der Waals surface area contributed by atoms with Crippen molar-refractivity contribution in [2.24, 2.45) is 5.92 Å². The normalized spacial score (nSPS) is 16.1. The van der Waals surface area contributed by atoms with Gasteiger partial charge in [0.15, 0.2) is 0 Å². The van der Waals surface area contributed by atoms with Gasteiger partial charge in [0.1, 0.15) is 5.54 Å². The summed E-state index contributed by atoms with van der Waals surface area (Å²) in [6.07, 6.45) is -1.63. The maximum Gasteiger partial charge on any atom is 0.416 e. The Labute approximate surface area is 236 Å². The number of hydrogen-bond donors (Lipinski definition) is 2. The fraction of sp³-hybridized carbons (Fsp3) is 0.593. The minimum atomic E-state index is -4.61. The van der Waals surface area contributed by atoms with Crippen molar-refractivity contribution in [1.29, 1.82) is 0 Å². The fourth-order valence-corrected chi connectivity index (χ4v) is 5.39. The molecule has 220 valence electrons. The number of benzene rings is 1. The van der Waals surface area contributed by atoms with Crippen molar-refractivity contribution in [3.63, 3.8) is 0 Å². The average Bonchev–Trinajstić information content (AvgIpc) is 3.36. The van der Waals surface area contributed by atoms with Crippen LogP contribution in [-0.4, -0.2) is 70.7 Å².